The average molecular weight is 243 g/mol. The minimum absolute atomic E-state index is 0.155. The third-order valence-electron chi connectivity index (χ3n) is 3.16. The Morgan fingerprint density at radius 1 is 1.06 bits per heavy atom. The Morgan fingerprint density at radius 2 is 1.78 bits per heavy atom. The first-order chi connectivity index (χ1) is 8.68. The molecule has 2 aromatic rings. The van der Waals surface area contributed by atoms with Crippen molar-refractivity contribution in [3.8, 4) is 0 Å². The molecule has 1 atom stereocenters. The van der Waals surface area contributed by atoms with Gasteiger partial charge in [0, 0.05) is 6.54 Å². The van der Waals surface area contributed by atoms with Gasteiger partial charge in [-0.3, -0.25) is 0 Å². The average Bonchev–Trinajstić information content (AvgIpc) is 2.41. The highest BCUT2D eigenvalue weighted by atomic mass is 19.1. The van der Waals surface area contributed by atoms with Gasteiger partial charge >= 0.3 is 0 Å². The topological polar surface area (TPSA) is 12.0 Å². The second-order valence-corrected chi connectivity index (χ2v) is 4.63. The predicted molar refractivity (Wildman–Crippen MR) is 74.5 cm³/mol. The van der Waals surface area contributed by atoms with Gasteiger partial charge in [-0.05, 0) is 30.0 Å². The highest BCUT2D eigenvalue weighted by Crippen LogP contribution is 2.20. The molecule has 0 aromatic heterocycles. The van der Waals surface area contributed by atoms with Crippen LogP contribution in [0, 0.1) is 12.7 Å². The fraction of sp³-hybridized carbons (Fsp3) is 0.250. The second-order valence-electron chi connectivity index (χ2n) is 4.63. The molecular formula is C16H18FN. The van der Waals surface area contributed by atoms with E-state index in [0.717, 1.165) is 6.54 Å². The Balaban J connectivity index is 2.02. The monoisotopic (exact) mass is 243 g/mol. The molecular weight excluding hydrogens is 225 g/mol. The normalized spacial score (nSPS) is 12.2. The maximum absolute atomic E-state index is 13.8. The van der Waals surface area contributed by atoms with E-state index in [1.54, 1.807) is 19.1 Å². The zero-order valence-electron chi connectivity index (χ0n) is 10.8. The van der Waals surface area contributed by atoms with Crippen LogP contribution in [-0.2, 0) is 0 Å². The zero-order valence-corrected chi connectivity index (χ0v) is 10.8. The van der Waals surface area contributed by atoms with Crippen molar-refractivity contribution in [2.45, 2.75) is 19.8 Å². The van der Waals surface area contributed by atoms with Gasteiger partial charge in [0.2, 0.25) is 0 Å². The summed E-state index contributed by atoms with van der Waals surface area (Å²) >= 11 is 0. The van der Waals surface area contributed by atoms with Crippen LogP contribution in [0.25, 0.3) is 0 Å². The fourth-order valence-electron chi connectivity index (χ4n) is 1.95. The minimum Gasteiger partial charge on any atom is -0.382 e. The molecule has 0 amide bonds. The summed E-state index contributed by atoms with van der Waals surface area (Å²) in [5.74, 6) is 0.198. The van der Waals surface area contributed by atoms with Gasteiger partial charge in [-0.1, -0.05) is 49.4 Å². The Hall–Kier alpha value is -1.83. The summed E-state index contributed by atoms with van der Waals surface area (Å²) in [4.78, 5) is 0. The van der Waals surface area contributed by atoms with Gasteiger partial charge in [-0.2, -0.15) is 0 Å². The van der Waals surface area contributed by atoms with Crippen LogP contribution in [0.5, 0.6) is 0 Å². The Bertz CT molecular complexity index is 508. The Kier molecular flexibility index (Phi) is 3.98. The van der Waals surface area contributed by atoms with Crippen molar-refractivity contribution < 1.29 is 4.39 Å². The highest BCUT2D eigenvalue weighted by Gasteiger charge is 2.07. The molecule has 1 nitrogen and oxygen atoms in total. The van der Waals surface area contributed by atoms with Crippen LogP contribution < -0.4 is 5.32 Å². The quantitative estimate of drug-likeness (QED) is 0.841. The van der Waals surface area contributed by atoms with Crippen LogP contribution in [0.1, 0.15) is 24.0 Å². The van der Waals surface area contributed by atoms with Crippen molar-refractivity contribution in [3.63, 3.8) is 0 Å². The van der Waals surface area contributed by atoms with E-state index < -0.39 is 0 Å². The molecule has 0 fully saturated rings. The molecule has 0 saturated heterocycles. The maximum Gasteiger partial charge on any atom is 0.149 e. The SMILES string of the molecule is Cc1cccc(NCC(C)c2ccccc2)c1F. The highest BCUT2D eigenvalue weighted by molar-refractivity contribution is 5.47. The Morgan fingerprint density at radius 3 is 2.50 bits per heavy atom. The standard InChI is InChI=1S/C16H18FN/c1-12-7-6-10-15(16(12)17)18-11-13(2)14-8-4-3-5-9-14/h3-10,13,18H,11H2,1-2H3. The van der Waals surface area contributed by atoms with Gasteiger partial charge in [0.15, 0.2) is 0 Å². The van der Waals surface area contributed by atoms with Crippen molar-refractivity contribution in [2.75, 3.05) is 11.9 Å². The van der Waals surface area contributed by atoms with Crippen LogP contribution in [0.15, 0.2) is 48.5 Å². The van der Waals surface area contributed by atoms with Gasteiger partial charge < -0.3 is 5.32 Å². The molecule has 0 spiro atoms. The van der Waals surface area contributed by atoms with Crippen LogP contribution >= 0.6 is 0 Å². The number of hydrogen-bond acceptors (Lipinski definition) is 1. The number of aryl methyl sites for hydroxylation is 1. The zero-order chi connectivity index (χ0) is 13.0. The molecule has 0 radical (unpaired) electrons. The number of rotatable bonds is 4. The van der Waals surface area contributed by atoms with Crippen LogP contribution in [0.2, 0.25) is 0 Å². The van der Waals surface area contributed by atoms with E-state index in [0.29, 0.717) is 17.2 Å². The molecule has 1 N–H and O–H groups in total. The number of hydrogen-bond donors (Lipinski definition) is 1. The summed E-state index contributed by atoms with van der Waals surface area (Å²) in [5, 5.41) is 3.18. The molecule has 2 aromatic carbocycles. The lowest BCUT2D eigenvalue weighted by Gasteiger charge is -2.15. The molecule has 94 valence electrons. The van der Waals surface area contributed by atoms with E-state index in [-0.39, 0.29) is 5.82 Å². The summed E-state index contributed by atoms with van der Waals surface area (Å²) in [6.07, 6.45) is 0. The molecule has 0 saturated carbocycles. The lowest BCUT2D eigenvalue weighted by atomic mass is 10.0. The summed E-state index contributed by atoms with van der Waals surface area (Å²) in [7, 11) is 0. The van der Waals surface area contributed by atoms with E-state index in [9.17, 15) is 4.39 Å². The molecule has 1 unspecified atom stereocenters. The Labute approximate surface area is 108 Å². The summed E-state index contributed by atoms with van der Waals surface area (Å²) < 4.78 is 13.8. The fourth-order valence-corrected chi connectivity index (χ4v) is 1.95. The van der Waals surface area contributed by atoms with Crippen LogP contribution in [0.3, 0.4) is 0 Å². The lowest BCUT2D eigenvalue weighted by molar-refractivity contribution is 0.619. The van der Waals surface area contributed by atoms with E-state index in [2.05, 4.69) is 24.4 Å². The molecule has 18 heavy (non-hydrogen) atoms. The van der Waals surface area contributed by atoms with E-state index >= 15 is 0 Å². The molecule has 2 heteroatoms. The van der Waals surface area contributed by atoms with Gasteiger partial charge in [-0.15, -0.1) is 0 Å². The summed E-state index contributed by atoms with van der Waals surface area (Å²) in [5.41, 5.74) is 2.52. The van der Waals surface area contributed by atoms with Crippen molar-refractivity contribution in [3.05, 3.63) is 65.5 Å². The van der Waals surface area contributed by atoms with Gasteiger partial charge in [-0.25, -0.2) is 4.39 Å². The summed E-state index contributed by atoms with van der Waals surface area (Å²) in [6.45, 7) is 4.64. The largest absolute Gasteiger partial charge is 0.382 e. The molecule has 0 aliphatic heterocycles. The number of halogens is 1. The van der Waals surface area contributed by atoms with Gasteiger partial charge in [0.1, 0.15) is 5.82 Å². The number of anilines is 1. The number of benzene rings is 2. The van der Waals surface area contributed by atoms with Crippen LogP contribution in [-0.4, -0.2) is 6.54 Å². The van der Waals surface area contributed by atoms with Crippen LogP contribution in [0.4, 0.5) is 10.1 Å². The smallest absolute Gasteiger partial charge is 0.149 e. The van der Waals surface area contributed by atoms with E-state index in [4.69, 9.17) is 0 Å². The van der Waals surface area contributed by atoms with Crippen molar-refractivity contribution in [1.29, 1.82) is 0 Å². The second kappa shape index (κ2) is 5.67. The van der Waals surface area contributed by atoms with Gasteiger partial charge in [0.05, 0.1) is 5.69 Å². The third-order valence-corrected chi connectivity index (χ3v) is 3.16. The van der Waals surface area contributed by atoms with E-state index in [1.165, 1.54) is 5.56 Å². The first kappa shape index (κ1) is 12.6. The third kappa shape index (κ3) is 2.89. The first-order valence-corrected chi connectivity index (χ1v) is 6.22. The maximum atomic E-state index is 13.8. The predicted octanol–water partition coefficient (Wildman–Crippen LogP) is 4.35. The minimum atomic E-state index is -0.155. The molecule has 0 bridgehead atoms. The molecule has 0 aliphatic carbocycles. The first-order valence-electron chi connectivity index (χ1n) is 6.22. The van der Waals surface area contributed by atoms with Crippen molar-refractivity contribution in [2.24, 2.45) is 0 Å². The molecule has 0 heterocycles. The summed E-state index contributed by atoms with van der Waals surface area (Å²) in [6, 6.07) is 15.7. The van der Waals surface area contributed by atoms with Gasteiger partial charge in [0.25, 0.3) is 0 Å². The van der Waals surface area contributed by atoms with E-state index in [1.807, 2.05) is 24.3 Å². The van der Waals surface area contributed by atoms with Crippen molar-refractivity contribution >= 4 is 5.69 Å². The number of nitrogens with one attached hydrogen (secondary N) is 1. The lowest BCUT2D eigenvalue weighted by Crippen LogP contribution is -2.11. The molecule has 2 rings (SSSR count). The van der Waals surface area contributed by atoms with Crippen molar-refractivity contribution in [1.82, 2.24) is 0 Å². The molecule has 0 aliphatic rings.